The number of hydrogen-bond acceptors (Lipinski definition) is 5. The molecule has 6 nitrogen and oxygen atoms in total. The number of nitrogens with zero attached hydrogens (tertiary/aromatic N) is 1. The van der Waals surface area contributed by atoms with Gasteiger partial charge in [-0.3, -0.25) is 4.79 Å². The summed E-state index contributed by atoms with van der Waals surface area (Å²) in [6.07, 6.45) is 1.75. The van der Waals surface area contributed by atoms with Gasteiger partial charge < -0.3 is 14.2 Å². The molecule has 0 saturated heterocycles. The average molecular weight is 378 g/mol. The summed E-state index contributed by atoms with van der Waals surface area (Å²) in [4.78, 5) is 12.3. The Morgan fingerprint density at radius 2 is 1.61 bits per heavy atom. The van der Waals surface area contributed by atoms with Gasteiger partial charge in [-0.05, 0) is 22.4 Å². The molecule has 0 aliphatic heterocycles. The first-order chi connectivity index (χ1) is 13.7. The number of carbonyl (C=O) groups excluding carboxylic acids is 1. The highest BCUT2D eigenvalue weighted by Gasteiger charge is 2.11. The SMILES string of the molecule is COc1cc(OC)c(OC)cc1/C=N/NC(=O)Cc1cccc2ccccc12. The van der Waals surface area contributed by atoms with Crippen LogP contribution in [0.3, 0.4) is 0 Å². The summed E-state index contributed by atoms with van der Waals surface area (Å²) in [7, 11) is 4.66. The summed E-state index contributed by atoms with van der Waals surface area (Å²) in [5.74, 6) is 1.46. The van der Waals surface area contributed by atoms with Crippen LogP contribution in [-0.4, -0.2) is 33.5 Å². The van der Waals surface area contributed by atoms with E-state index in [0.717, 1.165) is 16.3 Å². The monoisotopic (exact) mass is 378 g/mol. The van der Waals surface area contributed by atoms with Crippen LogP contribution in [0.25, 0.3) is 10.8 Å². The molecule has 0 bridgehead atoms. The fraction of sp³-hybridized carbons (Fsp3) is 0.182. The van der Waals surface area contributed by atoms with Crippen LogP contribution < -0.4 is 19.6 Å². The Labute approximate surface area is 163 Å². The van der Waals surface area contributed by atoms with Crippen molar-refractivity contribution in [3.05, 3.63) is 65.7 Å². The number of rotatable bonds is 7. The zero-order valence-electron chi connectivity index (χ0n) is 16.1. The van der Waals surface area contributed by atoms with Crippen molar-refractivity contribution < 1.29 is 19.0 Å². The Kier molecular flexibility index (Phi) is 6.11. The van der Waals surface area contributed by atoms with Gasteiger partial charge in [-0.25, -0.2) is 5.43 Å². The largest absolute Gasteiger partial charge is 0.496 e. The van der Waals surface area contributed by atoms with E-state index in [1.54, 1.807) is 33.5 Å². The van der Waals surface area contributed by atoms with Crippen molar-refractivity contribution in [1.82, 2.24) is 5.43 Å². The molecule has 1 N–H and O–H groups in total. The summed E-state index contributed by atoms with van der Waals surface area (Å²) in [6, 6.07) is 17.3. The van der Waals surface area contributed by atoms with E-state index in [4.69, 9.17) is 14.2 Å². The van der Waals surface area contributed by atoms with Crippen LogP contribution in [-0.2, 0) is 11.2 Å². The van der Waals surface area contributed by atoms with Gasteiger partial charge in [-0.1, -0.05) is 42.5 Å². The molecule has 3 aromatic rings. The predicted molar refractivity (Wildman–Crippen MR) is 109 cm³/mol. The maximum absolute atomic E-state index is 12.3. The molecule has 0 spiro atoms. The maximum Gasteiger partial charge on any atom is 0.244 e. The van der Waals surface area contributed by atoms with E-state index in [1.165, 1.54) is 6.21 Å². The quantitative estimate of drug-likeness (QED) is 0.504. The summed E-state index contributed by atoms with van der Waals surface area (Å²) >= 11 is 0. The first-order valence-corrected chi connectivity index (χ1v) is 8.74. The first kappa shape index (κ1) is 19.2. The lowest BCUT2D eigenvalue weighted by Crippen LogP contribution is -2.20. The third kappa shape index (κ3) is 4.23. The average Bonchev–Trinajstić information content (AvgIpc) is 2.73. The molecular weight excluding hydrogens is 356 g/mol. The Balaban J connectivity index is 1.73. The van der Waals surface area contributed by atoms with Gasteiger partial charge in [0.25, 0.3) is 0 Å². The van der Waals surface area contributed by atoms with Crippen molar-refractivity contribution in [3.8, 4) is 17.2 Å². The van der Waals surface area contributed by atoms with Gasteiger partial charge in [0.2, 0.25) is 5.91 Å². The molecule has 6 heteroatoms. The topological polar surface area (TPSA) is 69.2 Å². The van der Waals surface area contributed by atoms with Crippen LogP contribution in [0.2, 0.25) is 0 Å². The zero-order valence-corrected chi connectivity index (χ0v) is 16.1. The molecule has 144 valence electrons. The molecule has 0 aromatic heterocycles. The molecule has 3 rings (SSSR count). The van der Waals surface area contributed by atoms with Gasteiger partial charge in [0.15, 0.2) is 11.5 Å². The molecule has 0 aliphatic rings. The van der Waals surface area contributed by atoms with E-state index in [1.807, 2.05) is 42.5 Å². The Hall–Kier alpha value is -3.54. The second-order valence-corrected chi connectivity index (χ2v) is 6.06. The number of benzene rings is 3. The molecular formula is C22H22N2O4. The van der Waals surface area contributed by atoms with E-state index in [2.05, 4.69) is 10.5 Å². The van der Waals surface area contributed by atoms with Crippen LogP contribution in [0.15, 0.2) is 59.7 Å². The van der Waals surface area contributed by atoms with Crippen LogP contribution in [0.1, 0.15) is 11.1 Å². The summed E-state index contributed by atoms with van der Waals surface area (Å²) in [5, 5.41) is 6.22. The minimum Gasteiger partial charge on any atom is -0.496 e. The highest BCUT2D eigenvalue weighted by Crippen LogP contribution is 2.33. The van der Waals surface area contributed by atoms with Crippen molar-refractivity contribution in [2.45, 2.75) is 6.42 Å². The van der Waals surface area contributed by atoms with Crippen molar-refractivity contribution in [3.63, 3.8) is 0 Å². The fourth-order valence-corrected chi connectivity index (χ4v) is 2.99. The highest BCUT2D eigenvalue weighted by molar-refractivity contribution is 5.91. The van der Waals surface area contributed by atoms with Crippen LogP contribution >= 0.6 is 0 Å². The van der Waals surface area contributed by atoms with Crippen molar-refractivity contribution >= 4 is 22.9 Å². The molecule has 0 saturated carbocycles. The number of hydrazone groups is 1. The maximum atomic E-state index is 12.3. The Morgan fingerprint density at radius 1 is 0.929 bits per heavy atom. The van der Waals surface area contributed by atoms with Gasteiger partial charge in [-0.15, -0.1) is 0 Å². The third-order valence-corrected chi connectivity index (χ3v) is 4.36. The van der Waals surface area contributed by atoms with E-state index < -0.39 is 0 Å². The smallest absolute Gasteiger partial charge is 0.244 e. The first-order valence-electron chi connectivity index (χ1n) is 8.74. The number of fused-ring (bicyclic) bond motifs is 1. The van der Waals surface area contributed by atoms with Gasteiger partial charge in [0.05, 0.1) is 34.0 Å². The van der Waals surface area contributed by atoms with Crippen LogP contribution in [0, 0.1) is 0 Å². The molecule has 0 atom stereocenters. The van der Waals surface area contributed by atoms with E-state index >= 15 is 0 Å². The minimum atomic E-state index is -0.202. The summed E-state index contributed by atoms with van der Waals surface area (Å²) < 4.78 is 15.9. The van der Waals surface area contributed by atoms with Crippen molar-refractivity contribution in [2.75, 3.05) is 21.3 Å². The second-order valence-electron chi connectivity index (χ2n) is 6.06. The highest BCUT2D eigenvalue weighted by atomic mass is 16.5. The number of methoxy groups -OCH3 is 3. The minimum absolute atomic E-state index is 0.202. The van der Waals surface area contributed by atoms with Crippen molar-refractivity contribution in [2.24, 2.45) is 5.10 Å². The molecule has 0 fully saturated rings. The number of nitrogens with one attached hydrogen (secondary N) is 1. The molecule has 3 aromatic carbocycles. The molecule has 0 aliphatic carbocycles. The molecule has 0 radical (unpaired) electrons. The van der Waals surface area contributed by atoms with Crippen molar-refractivity contribution in [1.29, 1.82) is 0 Å². The van der Waals surface area contributed by atoms with Gasteiger partial charge in [-0.2, -0.15) is 5.10 Å². The number of ether oxygens (including phenoxy) is 3. The Morgan fingerprint density at radius 3 is 2.36 bits per heavy atom. The van der Waals surface area contributed by atoms with E-state index in [0.29, 0.717) is 22.8 Å². The number of hydrogen-bond donors (Lipinski definition) is 1. The van der Waals surface area contributed by atoms with Crippen LogP contribution in [0.4, 0.5) is 0 Å². The van der Waals surface area contributed by atoms with Gasteiger partial charge >= 0.3 is 0 Å². The van der Waals surface area contributed by atoms with Crippen LogP contribution in [0.5, 0.6) is 17.2 Å². The predicted octanol–water partition coefficient (Wildman–Crippen LogP) is 3.56. The lowest BCUT2D eigenvalue weighted by Gasteiger charge is -2.11. The fourth-order valence-electron chi connectivity index (χ4n) is 2.99. The van der Waals surface area contributed by atoms with Gasteiger partial charge in [0, 0.05) is 11.6 Å². The Bertz CT molecular complexity index is 1010. The number of amides is 1. The molecule has 1 amide bonds. The normalized spacial score (nSPS) is 10.8. The number of carbonyl (C=O) groups is 1. The zero-order chi connectivity index (χ0) is 19.9. The standard InChI is InChI=1S/C22H22N2O4/c1-26-19-13-21(28-3)20(27-2)11-17(19)14-23-24-22(25)12-16-9-6-8-15-7-4-5-10-18(15)16/h4-11,13-14H,12H2,1-3H3,(H,24,25)/b23-14+. The van der Waals surface area contributed by atoms with E-state index in [9.17, 15) is 4.79 Å². The lowest BCUT2D eigenvalue weighted by atomic mass is 10.0. The molecule has 28 heavy (non-hydrogen) atoms. The second kappa shape index (κ2) is 8.90. The summed E-state index contributed by atoms with van der Waals surface area (Å²) in [6.45, 7) is 0. The summed E-state index contributed by atoms with van der Waals surface area (Å²) in [5.41, 5.74) is 4.18. The molecule has 0 heterocycles. The third-order valence-electron chi connectivity index (χ3n) is 4.36. The lowest BCUT2D eigenvalue weighted by molar-refractivity contribution is -0.120. The van der Waals surface area contributed by atoms with Gasteiger partial charge in [0.1, 0.15) is 5.75 Å². The molecule has 0 unspecified atom stereocenters. The van der Waals surface area contributed by atoms with E-state index in [-0.39, 0.29) is 12.3 Å².